The molecular weight excluding hydrogens is 453 g/mol. The molecule has 160 valence electrons. The van der Waals surface area contributed by atoms with Crippen molar-refractivity contribution >= 4 is 52.1 Å². The normalized spacial score (nSPS) is 15.9. The number of anilines is 2. The first-order valence-corrected chi connectivity index (χ1v) is 11.1. The van der Waals surface area contributed by atoms with E-state index in [1.165, 1.54) is 0 Å². The average Bonchev–Trinajstić information content (AvgIpc) is 3.24. The number of nitrogens with one attached hydrogen (secondary N) is 1. The molecule has 0 radical (unpaired) electrons. The molecule has 7 heteroatoms. The van der Waals surface area contributed by atoms with Gasteiger partial charge in [-0.3, -0.25) is 4.79 Å². The van der Waals surface area contributed by atoms with Gasteiger partial charge in [0.05, 0.1) is 23.2 Å². The summed E-state index contributed by atoms with van der Waals surface area (Å²) in [7, 11) is 0. The lowest BCUT2D eigenvalue weighted by molar-refractivity contribution is -0.121. The fraction of sp³-hybridized carbons (Fsp3) is 0.208. The number of hydrogen-bond donors (Lipinski definition) is 1. The zero-order valence-corrected chi connectivity index (χ0v) is 19.3. The lowest BCUT2D eigenvalue weighted by Gasteiger charge is -2.26. The van der Waals surface area contributed by atoms with Crippen molar-refractivity contribution in [3.05, 3.63) is 92.9 Å². The average molecular weight is 475 g/mol. The second-order valence-corrected chi connectivity index (χ2v) is 8.94. The highest BCUT2D eigenvalue weighted by Crippen LogP contribution is 2.31. The van der Waals surface area contributed by atoms with Crippen LogP contribution in [0.2, 0.25) is 15.1 Å². The molecular formula is C24H22Cl3N3O. The summed E-state index contributed by atoms with van der Waals surface area (Å²) in [5, 5.41) is 3.72. The molecule has 4 rings (SSSR count). The number of nitrogens with zero attached hydrogens (tertiary/aromatic N) is 2. The topological polar surface area (TPSA) is 35.6 Å². The van der Waals surface area contributed by atoms with Gasteiger partial charge in [-0.05, 0) is 55.0 Å². The molecule has 1 unspecified atom stereocenters. The number of amides is 1. The number of carbonyl (C=O) groups excluding carboxylic acids is 1. The quantitative estimate of drug-likeness (QED) is 0.483. The van der Waals surface area contributed by atoms with Gasteiger partial charge >= 0.3 is 0 Å². The Bertz CT molecular complexity index is 1090. The van der Waals surface area contributed by atoms with E-state index in [1.54, 1.807) is 18.2 Å². The fourth-order valence-electron chi connectivity index (χ4n) is 3.67. The first-order chi connectivity index (χ1) is 14.9. The van der Waals surface area contributed by atoms with Gasteiger partial charge in [-0.1, -0.05) is 64.6 Å². The summed E-state index contributed by atoms with van der Waals surface area (Å²) < 4.78 is 0. The summed E-state index contributed by atoms with van der Waals surface area (Å²) >= 11 is 18.7. The maximum atomic E-state index is 13.6. The molecule has 0 saturated carbocycles. The van der Waals surface area contributed by atoms with Gasteiger partial charge in [0.2, 0.25) is 5.91 Å². The number of carbonyl (C=O) groups is 1. The van der Waals surface area contributed by atoms with E-state index >= 15 is 0 Å². The highest BCUT2D eigenvalue weighted by molar-refractivity contribution is 6.35. The lowest BCUT2D eigenvalue weighted by Crippen LogP contribution is -2.38. The molecule has 3 aromatic rings. The summed E-state index contributed by atoms with van der Waals surface area (Å²) in [4.78, 5) is 15.4. The van der Waals surface area contributed by atoms with Gasteiger partial charge in [0, 0.05) is 28.8 Å². The van der Waals surface area contributed by atoms with E-state index < -0.39 is 0 Å². The van der Waals surface area contributed by atoms with E-state index in [0.29, 0.717) is 34.7 Å². The Labute approximate surface area is 197 Å². The second kappa shape index (κ2) is 9.49. The van der Waals surface area contributed by atoms with Crippen LogP contribution >= 0.6 is 34.8 Å². The molecule has 0 bridgehead atoms. The molecule has 0 aliphatic carbocycles. The van der Waals surface area contributed by atoms with Crippen LogP contribution in [0.5, 0.6) is 0 Å². The minimum Gasteiger partial charge on any atom is -0.308 e. The van der Waals surface area contributed by atoms with E-state index in [2.05, 4.69) is 5.43 Å². The van der Waals surface area contributed by atoms with Gasteiger partial charge in [0.15, 0.2) is 0 Å². The number of aryl methyl sites for hydroxylation is 1. The van der Waals surface area contributed by atoms with Gasteiger partial charge in [0.25, 0.3) is 0 Å². The van der Waals surface area contributed by atoms with Crippen LogP contribution in [0.3, 0.4) is 0 Å². The molecule has 1 fully saturated rings. The number of halogens is 3. The zero-order valence-electron chi connectivity index (χ0n) is 17.0. The molecule has 1 saturated heterocycles. The van der Waals surface area contributed by atoms with E-state index in [9.17, 15) is 4.79 Å². The van der Waals surface area contributed by atoms with E-state index in [-0.39, 0.29) is 11.8 Å². The van der Waals surface area contributed by atoms with Crippen molar-refractivity contribution in [2.75, 3.05) is 23.0 Å². The standard InChI is InChI=1S/C24H22Cl3N3O/c1-16-5-8-21(9-6-16)29(14-17-3-2-4-19(25)11-17)24(31)18-13-28-30(15-18)23-12-20(26)7-10-22(23)27/h2-12,18,28H,13-15H2,1H3. The summed E-state index contributed by atoms with van der Waals surface area (Å²) in [5.74, 6) is -0.201. The molecule has 0 aromatic heterocycles. The highest BCUT2D eigenvalue weighted by Gasteiger charge is 2.33. The SMILES string of the molecule is Cc1ccc(N(Cc2cccc(Cl)c2)C(=O)C2CNN(c3cc(Cl)ccc3Cl)C2)cc1. The van der Waals surface area contributed by atoms with Crippen molar-refractivity contribution in [2.45, 2.75) is 13.5 Å². The lowest BCUT2D eigenvalue weighted by atomic mass is 10.1. The van der Waals surface area contributed by atoms with E-state index in [1.807, 2.05) is 65.4 Å². The Morgan fingerprint density at radius 2 is 1.77 bits per heavy atom. The molecule has 1 heterocycles. The van der Waals surface area contributed by atoms with Crippen LogP contribution in [0.25, 0.3) is 0 Å². The first kappa shape index (κ1) is 22.0. The van der Waals surface area contributed by atoms with Crippen LogP contribution in [0, 0.1) is 12.8 Å². The monoisotopic (exact) mass is 473 g/mol. The van der Waals surface area contributed by atoms with Crippen LogP contribution in [0.4, 0.5) is 11.4 Å². The summed E-state index contributed by atoms with van der Waals surface area (Å²) in [6.45, 7) is 3.48. The summed E-state index contributed by atoms with van der Waals surface area (Å²) in [6, 6.07) is 20.9. The number of hydrogen-bond acceptors (Lipinski definition) is 3. The van der Waals surface area contributed by atoms with Gasteiger partial charge in [-0.15, -0.1) is 0 Å². The van der Waals surface area contributed by atoms with Gasteiger partial charge in [-0.2, -0.15) is 0 Å². The van der Waals surface area contributed by atoms with Crippen molar-refractivity contribution < 1.29 is 4.79 Å². The second-order valence-electron chi connectivity index (χ2n) is 7.66. The Morgan fingerprint density at radius 1 is 1.03 bits per heavy atom. The maximum Gasteiger partial charge on any atom is 0.233 e. The zero-order chi connectivity index (χ0) is 22.0. The molecule has 1 aliphatic heterocycles. The van der Waals surface area contributed by atoms with E-state index in [0.717, 1.165) is 22.5 Å². The Balaban J connectivity index is 1.58. The Kier molecular flexibility index (Phi) is 6.73. The highest BCUT2D eigenvalue weighted by atomic mass is 35.5. The minimum absolute atomic E-state index is 0.0389. The van der Waals surface area contributed by atoms with Gasteiger partial charge in [-0.25, -0.2) is 5.43 Å². The van der Waals surface area contributed by atoms with Crippen LogP contribution in [0.15, 0.2) is 66.7 Å². The molecule has 31 heavy (non-hydrogen) atoms. The van der Waals surface area contributed by atoms with Crippen molar-refractivity contribution in [2.24, 2.45) is 5.92 Å². The molecule has 1 atom stereocenters. The van der Waals surface area contributed by atoms with Crippen LogP contribution in [0.1, 0.15) is 11.1 Å². The van der Waals surface area contributed by atoms with E-state index in [4.69, 9.17) is 34.8 Å². The van der Waals surface area contributed by atoms with Crippen LogP contribution < -0.4 is 15.3 Å². The third-order valence-corrected chi connectivity index (χ3v) is 6.11. The number of benzene rings is 3. The Hall–Kier alpha value is -2.24. The number of hydrazine groups is 1. The molecule has 1 aliphatic rings. The fourth-order valence-corrected chi connectivity index (χ4v) is 4.27. The third kappa shape index (κ3) is 5.16. The van der Waals surface area contributed by atoms with Crippen molar-refractivity contribution in [1.29, 1.82) is 0 Å². The minimum atomic E-state index is -0.240. The molecule has 1 N–H and O–H groups in total. The van der Waals surface area contributed by atoms with Gasteiger partial charge in [0.1, 0.15) is 0 Å². The van der Waals surface area contributed by atoms with Crippen LogP contribution in [-0.4, -0.2) is 19.0 Å². The van der Waals surface area contributed by atoms with Crippen molar-refractivity contribution in [3.63, 3.8) is 0 Å². The first-order valence-electron chi connectivity index (χ1n) is 9.99. The predicted octanol–water partition coefficient (Wildman–Crippen LogP) is 6.13. The Morgan fingerprint density at radius 3 is 2.52 bits per heavy atom. The maximum absolute atomic E-state index is 13.6. The van der Waals surface area contributed by atoms with Crippen molar-refractivity contribution in [1.82, 2.24) is 5.43 Å². The molecule has 3 aromatic carbocycles. The molecule has 1 amide bonds. The smallest absolute Gasteiger partial charge is 0.233 e. The number of rotatable bonds is 5. The predicted molar refractivity (Wildman–Crippen MR) is 129 cm³/mol. The van der Waals surface area contributed by atoms with Crippen LogP contribution in [-0.2, 0) is 11.3 Å². The summed E-state index contributed by atoms with van der Waals surface area (Å²) in [5.41, 5.74) is 7.02. The molecule has 4 nitrogen and oxygen atoms in total. The largest absolute Gasteiger partial charge is 0.308 e. The molecule has 0 spiro atoms. The van der Waals surface area contributed by atoms with Gasteiger partial charge < -0.3 is 9.91 Å². The van der Waals surface area contributed by atoms with Crippen molar-refractivity contribution in [3.8, 4) is 0 Å². The summed E-state index contributed by atoms with van der Waals surface area (Å²) in [6.07, 6.45) is 0. The third-order valence-electron chi connectivity index (χ3n) is 5.32.